The molecule has 1 aromatic carbocycles. The van der Waals surface area contributed by atoms with Gasteiger partial charge in [0, 0.05) is 19.5 Å². The number of pyridine rings is 1. The van der Waals surface area contributed by atoms with Crippen molar-refractivity contribution in [3.63, 3.8) is 0 Å². The first kappa shape index (κ1) is 15.9. The van der Waals surface area contributed by atoms with E-state index in [2.05, 4.69) is 20.5 Å². The summed E-state index contributed by atoms with van der Waals surface area (Å²) in [6, 6.07) is 10.9. The van der Waals surface area contributed by atoms with Crippen molar-refractivity contribution in [1.29, 1.82) is 0 Å². The van der Waals surface area contributed by atoms with Gasteiger partial charge in [-0.15, -0.1) is 0 Å². The summed E-state index contributed by atoms with van der Waals surface area (Å²) in [7, 11) is 0. The van der Waals surface area contributed by atoms with Crippen molar-refractivity contribution >= 4 is 17.5 Å². The Morgan fingerprint density at radius 1 is 1.16 bits per heavy atom. The third-order valence-electron chi connectivity index (χ3n) is 4.93. The van der Waals surface area contributed by atoms with Crippen LogP contribution in [-0.2, 0) is 6.42 Å². The largest absolute Gasteiger partial charge is 0.390 e. The second kappa shape index (κ2) is 6.72. The minimum atomic E-state index is -0.598. The number of rotatable bonds is 3. The number of hydrogen-bond donors (Lipinski definition) is 3. The van der Waals surface area contributed by atoms with Crippen LogP contribution in [0.3, 0.4) is 0 Å². The number of hydrogen-bond acceptors (Lipinski definition) is 4. The van der Waals surface area contributed by atoms with Gasteiger partial charge in [0.25, 0.3) is 0 Å². The van der Waals surface area contributed by atoms with Crippen LogP contribution in [0.4, 0.5) is 16.3 Å². The number of amides is 2. The van der Waals surface area contributed by atoms with Crippen molar-refractivity contribution in [1.82, 2.24) is 10.3 Å². The van der Waals surface area contributed by atoms with Gasteiger partial charge in [-0.2, -0.15) is 0 Å². The summed E-state index contributed by atoms with van der Waals surface area (Å²) in [5.41, 5.74) is 2.70. The first-order chi connectivity index (χ1) is 12.2. The Morgan fingerprint density at radius 3 is 2.72 bits per heavy atom. The SMILES string of the molecule is O=C(Nc1ccc(N2CCCC2)nc1)N[C@@H]1c2ccccc2C[C@@H]1O. The number of benzene rings is 1. The Bertz CT molecular complexity index is 756. The molecule has 0 unspecified atom stereocenters. The maximum atomic E-state index is 12.3. The van der Waals surface area contributed by atoms with E-state index in [-0.39, 0.29) is 12.1 Å². The molecule has 1 fully saturated rings. The summed E-state index contributed by atoms with van der Waals surface area (Å²) < 4.78 is 0. The van der Waals surface area contributed by atoms with Crippen LogP contribution in [0.25, 0.3) is 0 Å². The van der Waals surface area contributed by atoms with Crippen molar-refractivity contribution < 1.29 is 9.90 Å². The zero-order valence-electron chi connectivity index (χ0n) is 14.0. The molecule has 130 valence electrons. The third-order valence-corrected chi connectivity index (χ3v) is 4.93. The second-order valence-electron chi connectivity index (χ2n) is 6.65. The highest BCUT2D eigenvalue weighted by Gasteiger charge is 2.31. The molecule has 1 aliphatic heterocycles. The fourth-order valence-corrected chi connectivity index (χ4v) is 3.65. The Labute approximate surface area is 146 Å². The van der Waals surface area contributed by atoms with Crippen LogP contribution in [-0.4, -0.2) is 35.3 Å². The van der Waals surface area contributed by atoms with E-state index in [0.717, 1.165) is 30.0 Å². The molecule has 0 bridgehead atoms. The molecule has 0 spiro atoms. The average Bonchev–Trinajstić information content (AvgIpc) is 3.25. The lowest BCUT2D eigenvalue weighted by Crippen LogP contribution is -2.36. The van der Waals surface area contributed by atoms with Gasteiger partial charge < -0.3 is 20.6 Å². The van der Waals surface area contributed by atoms with E-state index in [0.29, 0.717) is 12.1 Å². The number of aliphatic hydroxyl groups is 1. The molecule has 25 heavy (non-hydrogen) atoms. The van der Waals surface area contributed by atoms with Crippen LogP contribution in [0.2, 0.25) is 0 Å². The molecule has 2 aromatic rings. The molecule has 2 heterocycles. The van der Waals surface area contributed by atoms with Gasteiger partial charge in [-0.25, -0.2) is 9.78 Å². The Kier molecular flexibility index (Phi) is 4.28. The first-order valence-corrected chi connectivity index (χ1v) is 8.75. The predicted molar refractivity (Wildman–Crippen MR) is 96.7 cm³/mol. The van der Waals surface area contributed by atoms with Gasteiger partial charge in [-0.05, 0) is 36.1 Å². The Balaban J connectivity index is 1.39. The second-order valence-corrected chi connectivity index (χ2v) is 6.65. The highest BCUT2D eigenvalue weighted by molar-refractivity contribution is 5.89. The number of nitrogens with one attached hydrogen (secondary N) is 2. The Hall–Kier alpha value is -2.60. The van der Waals surface area contributed by atoms with E-state index >= 15 is 0 Å². The highest BCUT2D eigenvalue weighted by Crippen LogP contribution is 2.31. The quantitative estimate of drug-likeness (QED) is 0.803. The van der Waals surface area contributed by atoms with Gasteiger partial charge in [0.05, 0.1) is 24.0 Å². The summed E-state index contributed by atoms with van der Waals surface area (Å²) in [6.45, 7) is 2.08. The fraction of sp³-hybridized carbons (Fsp3) is 0.368. The molecule has 0 radical (unpaired) electrons. The highest BCUT2D eigenvalue weighted by atomic mass is 16.3. The predicted octanol–water partition coefficient (Wildman–Crippen LogP) is 2.46. The molecule has 2 atom stereocenters. The first-order valence-electron chi connectivity index (χ1n) is 8.75. The normalized spacial score (nSPS) is 21.9. The zero-order valence-corrected chi connectivity index (χ0v) is 14.0. The van der Waals surface area contributed by atoms with Gasteiger partial charge in [0.1, 0.15) is 5.82 Å². The molecule has 1 aromatic heterocycles. The standard InChI is InChI=1S/C19H22N4O2/c24-16-11-13-5-1-2-6-15(13)18(16)22-19(25)21-14-7-8-17(20-12-14)23-9-3-4-10-23/h1-2,5-8,12,16,18,24H,3-4,9-11H2,(H2,21,22,25)/t16-,18+/m0/s1. The molecule has 6 nitrogen and oxygen atoms in total. The van der Waals surface area contributed by atoms with Crippen LogP contribution in [0.1, 0.15) is 30.0 Å². The molecule has 0 saturated carbocycles. The van der Waals surface area contributed by atoms with E-state index in [1.54, 1.807) is 6.20 Å². The van der Waals surface area contributed by atoms with E-state index in [4.69, 9.17) is 0 Å². The van der Waals surface area contributed by atoms with Crippen molar-refractivity contribution in [2.75, 3.05) is 23.3 Å². The lowest BCUT2D eigenvalue weighted by Gasteiger charge is -2.19. The molecule has 2 aliphatic rings. The maximum Gasteiger partial charge on any atom is 0.319 e. The van der Waals surface area contributed by atoms with E-state index in [1.807, 2.05) is 36.4 Å². The summed E-state index contributed by atoms with van der Waals surface area (Å²) >= 11 is 0. The molecule has 1 saturated heterocycles. The van der Waals surface area contributed by atoms with Crippen LogP contribution in [0.5, 0.6) is 0 Å². The number of fused-ring (bicyclic) bond motifs is 1. The van der Waals surface area contributed by atoms with E-state index < -0.39 is 6.10 Å². The molecule has 1 aliphatic carbocycles. The molecule has 6 heteroatoms. The summed E-state index contributed by atoms with van der Waals surface area (Å²) in [6.07, 6.45) is 4.04. The fourth-order valence-electron chi connectivity index (χ4n) is 3.65. The minimum Gasteiger partial charge on any atom is -0.390 e. The van der Waals surface area contributed by atoms with Crippen molar-refractivity contribution in [3.05, 3.63) is 53.7 Å². The van der Waals surface area contributed by atoms with Gasteiger partial charge in [-0.3, -0.25) is 0 Å². The molecular formula is C19H22N4O2. The number of carbonyl (C=O) groups is 1. The molecular weight excluding hydrogens is 316 g/mol. The van der Waals surface area contributed by atoms with Gasteiger partial charge in [0.2, 0.25) is 0 Å². The zero-order chi connectivity index (χ0) is 17.2. The topological polar surface area (TPSA) is 77.5 Å². The summed E-state index contributed by atoms with van der Waals surface area (Å²) in [5.74, 6) is 0.948. The van der Waals surface area contributed by atoms with Crippen LogP contribution in [0.15, 0.2) is 42.6 Å². The monoisotopic (exact) mass is 338 g/mol. The third kappa shape index (κ3) is 3.30. The number of carbonyl (C=O) groups excluding carboxylic acids is 1. The number of anilines is 2. The Morgan fingerprint density at radius 2 is 1.96 bits per heavy atom. The van der Waals surface area contributed by atoms with Crippen molar-refractivity contribution in [2.45, 2.75) is 31.4 Å². The van der Waals surface area contributed by atoms with E-state index in [9.17, 15) is 9.90 Å². The van der Waals surface area contributed by atoms with Crippen molar-refractivity contribution in [3.8, 4) is 0 Å². The lowest BCUT2D eigenvalue weighted by molar-refractivity contribution is 0.144. The van der Waals surface area contributed by atoms with Crippen LogP contribution in [0, 0.1) is 0 Å². The molecule has 4 rings (SSSR count). The van der Waals surface area contributed by atoms with Crippen LogP contribution < -0.4 is 15.5 Å². The van der Waals surface area contributed by atoms with Crippen molar-refractivity contribution in [2.24, 2.45) is 0 Å². The summed E-state index contributed by atoms with van der Waals surface area (Å²) in [5, 5.41) is 15.9. The van der Waals surface area contributed by atoms with Gasteiger partial charge in [-0.1, -0.05) is 24.3 Å². The van der Waals surface area contributed by atoms with Gasteiger partial charge in [0.15, 0.2) is 0 Å². The number of aliphatic hydroxyl groups excluding tert-OH is 1. The minimum absolute atomic E-state index is 0.337. The lowest BCUT2D eigenvalue weighted by atomic mass is 10.1. The molecule has 3 N–H and O–H groups in total. The van der Waals surface area contributed by atoms with E-state index in [1.165, 1.54) is 12.8 Å². The smallest absolute Gasteiger partial charge is 0.319 e. The van der Waals surface area contributed by atoms with Gasteiger partial charge >= 0.3 is 6.03 Å². The molecule has 2 amide bonds. The maximum absolute atomic E-state index is 12.3. The number of urea groups is 1. The average molecular weight is 338 g/mol. The number of nitrogens with zero attached hydrogens (tertiary/aromatic N) is 2. The number of aromatic nitrogens is 1. The van der Waals surface area contributed by atoms with Crippen LogP contribution >= 0.6 is 0 Å². The summed E-state index contributed by atoms with van der Waals surface area (Å²) in [4.78, 5) is 19.0.